The number of nitrogens with one attached hydrogen (secondary N) is 1. The molecule has 2 heterocycles. The summed E-state index contributed by atoms with van der Waals surface area (Å²) in [6, 6.07) is 8.04. The Labute approximate surface area is 160 Å². The fourth-order valence-corrected chi connectivity index (χ4v) is 4.33. The highest BCUT2D eigenvalue weighted by atomic mass is 32.2. The number of benzene rings is 1. The zero-order chi connectivity index (χ0) is 18.5. The van der Waals surface area contributed by atoms with Gasteiger partial charge in [0.05, 0.1) is 5.75 Å². The molecule has 26 heavy (non-hydrogen) atoms. The van der Waals surface area contributed by atoms with Gasteiger partial charge < -0.3 is 15.1 Å². The summed E-state index contributed by atoms with van der Waals surface area (Å²) in [5.41, 5.74) is 2.14. The molecule has 0 unspecified atom stereocenters. The fraction of sp³-hybridized carbons (Fsp3) is 0.412. The van der Waals surface area contributed by atoms with Crippen LogP contribution in [0.25, 0.3) is 0 Å². The summed E-state index contributed by atoms with van der Waals surface area (Å²) in [6.07, 6.45) is 0. The molecule has 0 bridgehead atoms. The average molecular weight is 392 g/mol. The van der Waals surface area contributed by atoms with Crippen LogP contribution in [0, 0.1) is 6.92 Å². The van der Waals surface area contributed by atoms with E-state index < -0.39 is 0 Å². The second kappa shape index (κ2) is 8.50. The largest absolute Gasteiger partial charge is 0.339 e. The number of piperazine rings is 1. The minimum Gasteiger partial charge on any atom is -0.339 e. The SMILES string of the molecule is CC(=O)N1CCN(C(=O)CSc2nnc(Nc3cccc(C)c3)s2)CC1. The Morgan fingerprint density at radius 2 is 1.92 bits per heavy atom. The Balaban J connectivity index is 1.47. The predicted molar refractivity (Wildman–Crippen MR) is 104 cm³/mol. The van der Waals surface area contributed by atoms with E-state index in [4.69, 9.17) is 0 Å². The Hall–Kier alpha value is -2.13. The van der Waals surface area contributed by atoms with Gasteiger partial charge in [-0.25, -0.2) is 0 Å². The van der Waals surface area contributed by atoms with Gasteiger partial charge in [0.1, 0.15) is 0 Å². The minimum absolute atomic E-state index is 0.0639. The number of carbonyl (C=O) groups excluding carboxylic acids is 2. The molecule has 1 aromatic heterocycles. The summed E-state index contributed by atoms with van der Waals surface area (Å²) >= 11 is 2.83. The predicted octanol–water partition coefficient (Wildman–Crippen LogP) is 2.37. The summed E-state index contributed by atoms with van der Waals surface area (Å²) in [5, 5.41) is 12.2. The maximum absolute atomic E-state index is 12.3. The molecule has 1 N–H and O–H groups in total. The van der Waals surface area contributed by atoms with Gasteiger partial charge >= 0.3 is 0 Å². The van der Waals surface area contributed by atoms with Gasteiger partial charge in [-0.05, 0) is 24.6 Å². The van der Waals surface area contributed by atoms with Crippen molar-refractivity contribution in [3.05, 3.63) is 29.8 Å². The number of anilines is 2. The van der Waals surface area contributed by atoms with Crippen molar-refractivity contribution in [2.24, 2.45) is 0 Å². The van der Waals surface area contributed by atoms with E-state index in [2.05, 4.69) is 15.5 Å². The van der Waals surface area contributed by atoms with Gasteiger partial charge in [0.2, 0.25) is 16.9 Å². The maximum atomic E-state index is 12.3. The minimum atomic E-state index is 0.0639. The van der Waals surface area contributed by atoms with Gasteiger partial charge in [0.25, 0.3) is 0 Å². The van der Waals surface area contributed by atoms with Crippen LogP contribution in [0.1, 0.15) is 12.5 Å². The first-order valence-corrected chi connectivity index (χ1v) is 10.1. The summed E-state index contributed by atoms with van der Waals surface area (Å²) < 4.78 is 0.760. The van der Waals surface area contributed by atoms with Crippen LogP contribution in [0.15, 0.2) is 28.6 Å². The third-order valence-corrected chi connectivity index (χ3v) is 6.03. The van der Waals surface area contributed by atoms with Crippen LogP contribution < -0.4 is 5.32 Å². The Morgan fingerprint density at radius 3 is 2.62 bits per heavy atom. The van der Waals surface area contributed by atoms with Gasteiger partial charge in [-0.3, -0.25) is 9.59 Å². The number of amides is 2. The zero-order valence-corrected chi connectivity index (χ0v) is 16.4. The molecule has 0 radical (unpaired) electrons. The molecule has 2 aromatic rings. The van der Waals surface area contributed by atoms with E-state index in [0.717, 1.165) is 10.0 Å². The molecule has 0 spiro atoms. The zero-order valence-electron chi connectivity index (χ0n) is 14.8. The number of aryl methyl sites for hydroxylation is 1. The molecule has 1 fully saturated rings. The average Bonchev–Trinajstić information content (AvgIpc) is 3.07. The van der Waals surface area contributed by atoms with Crippen molar-refractivity contribution in [3.63, 3.8) is 0 Å². The van der Waals surface area contributed by atoms with E-state index in [1.165, 1.54) is 28.7 Å². The molecular weight excluding hydrogens is 370 g/mol. The molecule has 1 aliphatic heterocycles. The summed E-state index contributed by atoms with van der Waals surface area (Å²) in [7, 11) is 0. The normalized spacial score (nSPS) is 14.4. The lowest BCUT2D eigenvalue weighted by Gasteiger charge is -2.34. The highest BCUT2D eigenvalue weighted by molar-refractivity contribution is 8.01. The second-order valence-corrected chi connectivity index (χ2v) is 8.24. The Kier molecular flexibility index (Phi) is 6.10. The molecule has 2 amide bonds. The number of hydrogen-bond acceptors (Lipinski definition) is 7. The molecule has 0 saturated carbocycles. The topological polar surface area (TPSA) is 78.4 Å². The first-order valence-electron chi connectivity index (χ1n) is 8.34. The van der Waals surface area contributed by atoms with E-state index in [1.807, 2.05) is 31.2 Å². The smallest absolute Gasteiger partial charge is 0.233 e. The summed E-state index contributed by atoms with van der Waals surface area (Å²) in [4.78, 5) is 27.2. The van der Waals surface area contributed by atoms with Crippen molar-refractivity contribution in [1.29, 1.82) is 0 Å². The van der Waals surface area contributed by atoms with Crippen LogP contribution in [0.5, 0.6) is 0 Å². The van der Waals surface area contributed by atoms with E-state index in [9.17, 15) is 9.59 Å². The molecule has 138 valence electrons. The quantitative estimate of drug-likeness (QED) is 0.789. The van der Waals surface area contributed by atoms with E-state index in [-0.39, 0.29) is 11.8 Å². The first kappa shape index (κ1) is 18.7. The van der Waals surface area contributed by atoms with Crippen molar-refractivity contribution in [1.82, 2.24) is 20.0 Å². The molecule has 9 heteroatoms. The van der Waals surface area contributed by atoms with Crippen LogP contribution in [-0.2, 0) is 9.59 Å². The third kappa shape index (κ3) is 4.95. The van der Waals surface area contributed by atoms with Crippen molar-refractivity contribution in [2.75, 3.05) is 37.2 Å². The maximum Gasteiger partial charge on any atom is 0.233 e. The molecule has 1 saturated heterocycles. The second-order valence-electron chi connectivity index (χ2n) is 6.04. The third-order valence-electron chi connectivity index (χ3n) is 4.07. The number of hydrogen-bond donors (Lipinski definition) is 1. The number of nitrogens with zero attached hydrogens (tertiary/aromatic N) is 4. The van der Waals surface area contributed by atoms with Crippen molar-refractivity contribution >= 4 is 45.7 Å². The van der Waals surface area contributed by atoms with Crippen LogP contribution in [0.4, 0.5) is 10.8 Å². The monoisotopic (exact) mass is 391 g/mol. The van der Waals surface area contributed by atoms with Gasteiger partial charge in [0, 0.05) is 38.8 Å². The van der Waals surface area contributed by atoms with E-state index in [0.29, 0.717) is 37.1 Å². The van der Waals surface area contributed by atoms with Crippen molar-refractivity contribution in [2.45, 2.75) is 18.2 Å². The highest BCUT2D eigenvalue weighted by Gasteiger charge is 2.22. The Morgan fingerprint density at radius 1 is 1.19 bits per heavy atom. The Bertz CT molecular complexity index is 787. The van der Waals surface area contributed by atoms with Crippen LogP contribution in [0.2, 0.25) is 0 Å². The highest BCUT2D eigenvalue weighted by Crippen LogP contribution is 2.28. The van der Waals surface area contributed by atoms with E-state index >= 15 is 0 Å². The number of thioether (sulfide) groups is 1. The van der Waals surface area contributed by atoms with Crippen molar-refractivity contribution in [3.8, 4) is 0 Å². The molecule has 7 nitrogen and oxygen atoms in total. The van der Waals surface area contributed by atoms with Crippen LogP contribution >= 0.6 is 23.1 Å². The first-order chi connectivity index (χ1) is 12.5. The fourth-order valence-electron chi connectivity index (χ4n) is 2.65. The number of rotatable bonds is 5. The lowest BCUT2D eigenvalue weighted by molar-refractivity contribution is -0.136. The molecular formula is C17H21N5O2S2. The standard InChI is InChI=1S/C17H21N5O2S2/c1-12-4-3-5-14(10-12)18-16-19-20-17(26-16)25-11-15(24)22-8-6-21(7-9-22)13(2)23/h3-5,10H,6-9,11H2,1-2H3,(H,18,19). The number of carbonyl (C=O) groups is 2. The van der Waals surface area contributed by atoms with Crippen molar-refractivity contribution < 1.29 is 9.59 Å². The molecule has 1 aliphatic rings. The van der Waals surface area contributed by atoms with Gasteiger partial charge in [-0.2, -0.15) is 0 Å². The summed E-state index contributed by atoms with van der Waals surface area (Å²) in [6.45, 7) is 5.99. The number of aromatic nitrogens is 2. The van der Waals surface area contributed by atoms with Crippen LogP contribution in [0.3, 0.4) is 0 Å². The lowest BCUT2D eigenvalue weighted by atomic mass is 10.2. The molecule has 0 aliphatic carbocycles. The van der Waals surface area contributed by atoms with Gasteiger partial charge in [-0.1, -0.05) is 35.2 Å². The van der Waals surface area contributed by atoms with Gasteiger partial charge in [-0.15, -0.1) is 10.2 Å². The van der Waals surface area contributed by atoms with E-state index in [1.54, 1.807) is 16.7 Å². The summed E-state index contributed by atoms with van der Waals surface area (Å²) in [5.74, 6) is 0.467. The van der Waals surface area contributed by atoms with Gasteiger partial charge in [0.15, 0.2) is 4.34 Å². The molecule has 3 rings (SSSR count). The molecule has 0 atom stereocenters. The molecule has 1 aromatic carbocycles. The lowest BCUT2D eigenvalue weighted by Crippen LogP contribution is -2.50. The van der Waals surface area contributed by atoms with Crippen LogP contribution in [-0.4, -0.2) is 63.7 Å².